The highest BCUT2D eigenvalue weighted by Gasteiger charge is 2.28. The van der Waals surface area contributed by atoms with E-state index in [4.69, 9.17) is 5.73 Å². The molecule has 1 aliphatic heterocycles. The van der Waals surface area contributed by atoms with Crippen molar-refractivity contribution in [2.45, 2.75) is 38.1 Å². The molecule has 0 unspecified atom stereocenters. The number of primary amides is 1. The molecule has 162 valence electrons. The Kier molecular flexibility index (Phi) is 5.15. The molecule has 0 bridgehead atoms. The number of nitrogens with one attached hydrogen (secondary N) is 2. The molecule has 0 saturated carbocycles. The number of aryl methyl sites for hydroxylation is 1. The normalized spacial score (nSPS) is 17.2. The highest BCUT2D eigenvalue weighted by atomic mass is 32.1. The van der Waals surface area contributed by atoms with Gasteiger partial charge in [0.1, 0.15) is 5.00 Å². The molecule has 0 radical (unpaired) electrons. The highest BCUT2D eigenvalue weighted by molar-refractivity contribution is 7.17. The molecule has 1 fully saturated rings. The predicted molar refractivity (Wildman–Crippen MR) is 121 cm³/mol. The molecule has 2 amide bonds. The maximum Gasteiger partial charge on any atom is 0.326 e. The Balaban J connectivity index is 1.22. The first kappa shape index (κ1) is 20.0. The van der Waals surface area contributed by atoms with E-state index in [9.17, 15) is 14.4 Å². The Morgan fingerprint density at radius 1 is 1.19 bits per heavy atom. The molecule has 5 rings (SSSR count). The summed E-state index contributed by atoms with van der Waals surface area (Å²) in [5.41, 5.74) is 8.77. The standard InChI is InChI=1S/C22H25N5O3S/c23-20(29)19-14-4-3-7-17(14)31-21(19)25-18(28)12-26-10-8-13(9-11-26)27-16-6-2-1-5-15(16)24-22(27)30/h1-2,5-6,13H,3-4,7-12H2,(H2,23,29)(H,24,30)(H,25,28). The van der Waals surface area contributed by atoms with Gasteiger partial charge in [0.2, 0.25) is 5.91 Å². The van der Waals surface area contributed by atoms with E-state index in [0.29, 0.717) is 10.6 Å². The van der Waals surface area contributed by atoms with Gasteiger partial charge < -0.3 is 16.0 Å². The van der Waals surface area contributed by atoms with Crippen molar-refractivity contribution in [3.8, 4) is 0 Å². The zero-order chi connectivity index (χ0) is 21.5. The van der Waals surface area contributed by atoms with E-state index in [1.807, 2.05) is 28.8 Å². The van der Waals surface area contributed by atoms with Crippen LogP contribution in [0.1, 0.15) is 46.1 Å². The molecule has 3 aromatic rings. The summed E-state index contributed by atoms with van der Waals surface area (Å²) in [4.78, 5) is 43.2. The predicted octanol–water partition coefficient (Wildman–Crippen LogP) is 2.25. The largest absolute Gasteiger partial charge is 0.365 e. The minimum atomic E-state index is -0.473. The van der Waals surface area contributed by atoms with Crippen LogP contribution in [0.4, 0.5) is 5.00 Å². The zero-order valence-corrected chi connectivity index (χ0v) is 18.0. The van der Waals surface area contributed by atoms with Gasteiger partial charge in [-0.25, -0.2) is 4.79 Å². The smallest absolute Gasteiger partial charge is 0.326 e. The summed E-state index contributed by atoms with van der Waals surface area (Å²) in [6.07, 6.45) is 4.42. The number of thiophene rings is 1. The molecule has 2 aromatic heterocycles. The number of nitrogens with zero attached hydrogens (tertiary/aromatic N) is 2. The molecule has 3 heterocycles. The number of rotatable bonds is 5. The number of piperidine rings is 1. The third-order valence-corrected chi connectivity index (χ3v) is 7.54. The van der Waals surface area contributed by atoms with Crippen LogP contribution in [-0.4, -0.2) is 45.9 Å². The number of H-pyrrole nitrogens is 1. The minimum absolute atomic E-state index is 0.0814. The van der Waals surface area contributed by atoms with Gasteiger partial charge in [0, 0.05) is 24.0 Å². The fourth-order valence-electron chi connectivity index (χ4n) is 4.89. The fraction of sp³-hybridized carbons (Fsp3) is 0.409. The van der Waals surface area contributed by atoms with Crippen LogP contribution in [0, 0.1) is 0 Å². The molecule has 1 aliphatic carbocycles. The van der Waals surface area contributed by atoms with E-state index in [0.717, 1.165) is 66.7 Å². The lowest BCUT2D eigenvalue weighted by atomic mass is 10.0. The van der Waals surface area contributed by atoms with Crippen LogP contribution in [0.25, 0.3) is 11.0 Å². The van der Waals surface area contributed by atoms with Gasteiger partial charge in [-0.15, -0.1) is 11.3 Å². The number of carbonyl (C=O) groups is 2. The van der Waals surface area contributed by atoms with Crippen LogP contribution >= 0.6 is 11.3 Å². The van der Waals surface area contributed by atoms with Crippen molar-refractivity contribution in [1.29, 1.82) is 0 Å². The Morgan fingerprint density at radius 3 is 2.74 bits per heavy atom. The summed E-state index contributed by atoms with van der Waals surface area (Å²) >= 11 is 1.48. The Labute approximate surface area is 183 Å². The van der Waals surface area contributed by atoms with Crippen LogP contribution in [0.15, 0.2) is 29.1 Å². The van der Waals surface area contributed by atoms with Gasteiger partial charge in [0.25, 0.3) is 5.91 Å². The Hall–Kier alpha value is -2.91. The average Bonchev–Trinajstić information content (AvgIpc) is 3.40. The second-order valence-electron chi connectivity index (χ2n) is 8.30. The summed E-state index contributed by atoms with van der Waals surface area (Å²) in [6.45, 7) is 1.72. The lowest BCUT2D eigenvalue weighted by Gasteiger charge is -2.32. The molecule has 31 heavy (non-hydrogen) atoms. The topological polar surface area (TPSA) is 113 Å². The third-order valence-electron chi connectivity index (χ3n) is 6.33. The number of amides is 2. The number of aromatic nitrogens is 2. The SMILES string of the molecule is NC(=O)c1c(NC(=O)CN2CCC(n3c(=O)[nH]c4ccccc43)CC2)sc2c1CCC2. The molecule has 0 atom stereocenters. The van der Waals surface area contributed by atoms with E-state index < -0.39 is 5.91 Å². The molecule has 1 aromatic carbocycles. The second kappa shape index (κ2) is 7.97. The summed E-state index contributed by atoms with van der Waals surface area (Å²) in [6, 6.07) is 7.84. The van der Waals surface area contributed by atoms with Crippen molar-refractivity contribution in [2.75, 3.05) is 25.0 Å². The average molecular weight is 440 g/mol. The fourth-order valence-corrected chi connectivity index (χ4v) is 6.21. The molecular weight excluding hydrogens is 414 g/mol. The van der Waals surface area contributed by atoms with Crippen LogP contribution in [0.3, 0.4) is 0 Å². The molecule has 4 N–H and O–H groups in total. The number of fused-ring (bicyclic) bond motifs is 2. The van der Waals surface area contributed by atoms with Gasteiger partial charge >= 0.3 is 5.69 Å². The maximum atomic E-state index is 12.7. The molecular formula is C22H25N5O3S. The van der Waals surface area contributed by atoms with Crippen molar-refractivity contribution in [2.24, 2.45) is 5.73 Å². The maximum absolute atomic E-state index is 12.7. The number of nitrogens with two attached hydrogens (primary N) is 1. The lowest BCUT2D eigenvalue weighted by Crippen LogP contribution is -2.41. The van der Waals surface area contributed by atoms with Crippen molar-refractivity contribution in [1.82, 2.24) is 14.5 Å². The number of carbonyl (C=O) groups excluding carboxylic acids is 2. The minimum Gasteiger partial charge on any atom is -0.365 e. The van der Waals surface area contributed by atoms with E-state index in [2.05, 4.69) is 15.2 Å². The van der Waals surface area contributed by atoms with Gasteiger partial charge in [-0.3, -0.25) is 19.1 Å². The number of anilines is 1. The summed E-state index contributed by atoms with van der Waals surface area (Å²) in [5.74, 6) is -0.607. The number of hydrogen-bond donors (Lipinski definition) is 3. The quantitative estimate of drug-likeness (QED) is 0.566. The second-order valence-corrected chi connectivity index (χ2v) is 9.40. The first-order chi connectivity index (χ1) is 15.0. The molecule has 2 aliphatic rings. The van der Waals surface area contributed by atoms with Crippen LogP contribution in [0.2, 0.25) is 0 Å². The van der Waals surface area contributed by atoms with Crippen molar-refractivity contribution < 1.29 is 9.59 Å². The zero-order valence-electron chi connectivity index (χ0n) is 17.1. The molecule has 1 saturated heterocycles. The number of benzene rings is 1. The van der Waals surface area contributed by atoms with E-state index in [-0.39, 0.29) is 24.2 Å². The third kappa shape index (κ3) is 3.68. The monoisotopic (exact) mass is 439 g/mol. The lowest BCUT2D eigenvalue weighted by molar-refractivity contribution is -0.117. The number of hydrogen-bond acceptors (Lipinski definition) is 5. The first-order valence-electron chi connectivity index (χ1n) is 10.7. The van der Waals surface area contributed by atoms with Crippen LogP contribution in [0.5, 0.6) is 0 Å². The van der Waals surface area contributed by atoms with E-state index in [1.165, 1.54) is 11.3 Å². The molecule has 0 spiro atoms. The van der Waals surface area contributed by atoms with Gasteiger partial charge in [-0.1, -0.05) is 12.1 Å². The van der Waals surface area contributed by atoms with Crippen molar-refractivity contribution >= 4 is 39.2 Å². The van der Waals surface area contributed by atoms with Gasteiger partial charge in [0.15, 0.2) is 0 Å². The number of likely N-dealkylation sites (tertiary alicyclic amines) is 1. The van der Waals surface area contributed by atoms with Gasteiger partial charge in [-0.05, 0) is 49.8 Å². The molecule has 9 heteroatoms. The van der Waals surface area contributed by atoms with E-state index >= 15 is 0 Å². The Morgan fingerprint density at radius 2 is 1.97 bits per heavy atom. The van der Waals surface area contributed by atoms with Gasteiger partial charge in [-0.2, -0.15) is 0 Å². The van der Waals surface area contributed by atoms with Crippen molar-refractivity contribution in [3.05, 3.63) is 50.8 Å². The van der Waals surface area contributed by atoms with Crippen LogP contribution in [-0.2, 0) is 17.6 Å². The number of para-hydroxylation sites is 2. The van der Waals surface area contributed by atoms with Gasteiger partial charge in [0.05, 0.1) is 23.1 Å². The summed E-state index contributed by atoms with van der Waals surface area (Å²) in [7, 11) is 0. The first-order valence-corrected chi connectivity index (χ1v) is 11.5. The molecule has 8 nitrogen and oxygen atoms in total. The number of imidazole rings is 1. The summed E-state index contributed by atoms with van der Waals surface area (Å²) in [5, 5.41) is 3.50. The van der Waals surface area contributed by atoms with Crippen molar-refractivity contribution in [3.63, 3.8) is 0 Å². The summed E-state index contributed by atoms with van der Waals surface area (Å²) < 4.78 is 1.85. The highest BCUT2D eigenvalue weighted by Crippen LogP contribution is 2.38. The number of aromatic amines is 1. The van der Waals surface area contributed by atoms with Crippen LogP contribution < -0.4 is 16.7 Å². The van der Waals surface area contributed by atoms with E-state index in [1.54, 1.807) is 0 Å². The Bertz CT molecular complexity index is 1220.